The van der Waals surface area contributed by atoms with Crippen molar-refractivity contribution >= 4 is 5.71 Å². The van der Waals surface area contributed by atoms with Gasteiger partial charge in [-0.25, -0.2) is 9.37 Å². The van der Waals surface area contributed by atoms with Gasteiger partial charge in [0.25, 0.3) is 0 Å². The van der Waals surface area contributed by atoms with Gasteiger partial charge < -0.3 is 0 Å². The average Bonchev–Trinajstić information content (AvgIpc) is 2.84. The van der Waals surface area contributed by atoms with Crippen LogP contribution in [0.25, 0.3) is 5.69 Å². The number of nitrogens with zero attached hydrogens (tertiary/aromatic N) is 4. The zero-order valence-corrected chi connectivity index (χ0v) is 12.9. The molecule has 3 aromatic rings. The van der Waals surface area contributed by atoms with E-state index in [0.29, 0.717) is 17.8 Å². The lowest BCUT2D eigenvalue weighted by molar-refractivity contribution is 0.617. The van der Waals surface area contributed by atoms with Gasteiger partial charge in [0.2, 0.25) is 0 Å². The third-order valence-corrected chi connectivity index (χ3v) is 4.07. The highest BCUT2D eigenvalue weighted by Gasteiger charge is 2.22. The van der Waals surface area contributed by atoms with Gasteiger partial charge in [0, 0.05) is 23.7 Å². The molecule has 1 aliphatic rings. The molecule has 1 aliphatic heterocycles. The van der Waals surface area contributed by atoms with Crippen molar-refractivity contribution in [3.8, 4) is 5.69 Å². The maximum atomic E-state index is 14.2. The Morgan fingerprint density at radius 3 is 2.78 bits per heavy atom. The number of pyridine rings is 1. The molecular weight excluding hydrogens is 291 g/mol. The van der Waals surface area contributed by atoms with E-state index in [1.807, 2.05) is 42.0 Å². The summed E-state index contributed by atoms with van der Waals surface area (Å²) < 4.78 is 16.3. The minimum absolute atomic E-state index is 0.242. The molecule has 0 spiro atoms. The molecular formula is C18H15FN4. The summed E-state index contributed by atoms with van der Waals surface area (Å²) in [5, 5.41) is 0. The Morgan fingerprint density at radius 1 is 1.13 bits per heavy atom. The molecule has 0 unspecified atom stereocenters. The van der Waals surface area contributed by atoms with Gasteiger partial charge in [-0.05, 0) is 43.7 Å². The maximum Gasteiger partial charge on any atom is 0.135 e. The topological polar surface area (TPSA) is 43.1 Å². The standard InChI is InChI=1S/C18H15FN4/c1-11-7-16-13(8-14(11)19)18(15-5-3-4-6-20-15)22-10-17-21-9-12(2)23(16)17/h3-9H,10H2,1-2H3. The van der Waals surface area contributed by atoms with Crippen molar-refractivity contribution in [2.24, 2.45) is 4.99 Å². The number of hydrogen-bond donors (Lipinski definition) is 0. The van der Waals surface area contributed by atoms with Crippen molar-refractivity contribution < 1.29 is 4.39 Å². The van der Waals surface area contributed by atoms with Gasteiger partial charge in [0.1, 0.15) is 11.6 Å². The first kappa shape index (κ1) is 13.8. The summed E-state index contributed by atoms with van der Waals surface area (Å²) in [4.78, 5) is 13.5. The van der Waals surface area contributed by atoms with Gasteiger partial charge in [-0.3, -0.25) is 14.5 Å². The second kappa shape index (κ2) is 5.12. The highest BCUT2D eigenvalue weighted by Crippen LogP contribution is 2.28. The third-order valence-electron chi connectivity index (χ3n) is 4.07. The first-order chi connectivity index (χ1) is 11.1. The highest BCUT2D eigenvalue weighted by atomic mass is 19.1. The summed E-state index contributed by atoms with van der Waals surface area (Å²) >= 11 is 0. The van der Waals surface area contributed by atoms with Crippen molar-refractivity contribution in [2.75, 3.05) is 0 Å². The molecule has 0 bridgehead atoms. The summed E-state index contributed by atoms with van der Waals surface area (Å²) in [6.45, 7) is 4.20. The van der Waals surface area contributed by atoms with Gasteiger partial charge in [0.15, 0.2) is 0 Å². The summed E-state index contributed by atoms with van der Waals surface area (Å²) in [5.41, 5.74) is 4.68. The van der Waals surface area contributed by atoms with E-state index in [2.05, 4.69) is 15.0 Å². The number of imidazole rings is 1. The van der Waals surface area contributed by atoms with E-state index in [-0.39, 0.29) is 5.82 Å². The van der Waals surface area contributed by atoms with Crippen LogP contribution in [0.5, 0.6) is 0 Å². The molecule has 114 valence electrons. The molecule has 0 amide bonds. The number of rotatable bonds is 1. The van der Waals surface area contributed by atoms with E-state index in [1.54, 1.807) is 19.2 Å². The van der Waals surface area contributed by atoms with Crippen LogP contribution in [0.4, 0.5) is 4.39 Å². The zero-order chi connectivity index (χ0) is 16.0. The van der Waals surface area contributed by atoms with Crippen LogP contribution in [0.1, 0.15) is 28.3 Å². The molecule has 0 aliphatic carbocycles. The lowest BCUT2D eigenvalue weighted by Gasteiger charge is -2.14. The fourth-order valence-corrected chi connectivity index (χ4v) is 2.93. The Labute approximate surface area is 133 Å². The lowest BCUT2D eigenvalue weighted by atomic mass is 10.0. The molecule has 0 atom stereocenters. The highest BCUT2D eigenvalue weighted by molar-refractivity contribution is 6.14. The SMILES string of the molecule is Cc1cc2c(cc1F)C(c1ccccn1)=NCc1ncc(C)n1-2. The second-order valence-corrected chi connectivity index (χ2v) is 5.65. The van der Waals surface area contributed by atoms with Crippen LogP contribution in [-0.4, -0.2) is 20.2 Å². The van der Waals surface area contributed by atoms with E-state index in [9.17, 15) is 4.39 Å². The summed E-state index contributed by atoms with van der Waals surface area (Å²) in [5.74, 6) is 0.606. The quantitative estimate of drug-likeness (QED) is 0.692. The van der Waals surface area contributed by atoms with Crippen molar-refractivity contribution in [3.63, 3.8) is 0 Å². The Kier molecular flexibility index (Phi) is 3.08. The average molecular weight is 306 g/mol. The number of fused-ring (bicyclic) bond motifs is 3. The molecule has 0 saturated heterocycles. The molecule has 4 rings (SSSR count). The van der Waals surface area contributed by atoms with Crippen molar-refractivity contribution in [2.45, 2.75) is 20.4 Å². The fraction of sp³-hybridized carbons (Fsp3) is 0.167. The predicted molar refractivity (Wildman–Crippen MR) is 86.6 cm³/mol. The first-order valence-corrected chi connectivity index (χ1v) is 7.45. The molecule has 1 aromatic carbocycles. The van der Waals surface area contributed by atoms with Crippen LogP contribution >= 0.6 is 0 Å². The molecule has 23 heavy (non-hydrogen) atoms. The van der Waals surface area contributed by atoms with Gasteiger partial charge in [-0.1, -0.05) is 6.07 Å². The smallest absolute Gasteiger partial charge is 0.135 e. The number of benzene rings is 1. The van der Waals surface area contributed by atoms with Crippen molar-refractivity contribution in [3.05, 3.63) is 76.9 Å². The van der Waals surface area contributed by atoms with Crippen molar-refractivity contribution in [1.82, 2.24) is 14.5 Å². The maximum absolute atomic E-state index is 14.2. The molecule has 5 heteroatoms. The largest absolute Gasteiger partial charge is 0.299 e. The second-order valence-electron chi connectivity index (χ2n) is 5.65. The predicted octanol–water partition coefficient (Wildman–Crippen LogP) is 3.37. The van der Waals surface area contributed by atoms with E-state index < -0.39 is 0 Å². The minimum Gasteiger partial charge on any atom is -0.299 e. The normalized spacial score (nSPS) is 13.1. The Hall–Kier alpha value is -2.82. The molecule has 2 aromatic heterocycles. The minimum atomic E-state index is -0.242. The van der Waals surface area contributed by atoms with Crippen LogP contribution in [0.3, 0.4) is 0 Å². The number of aryl methyl sites for hydroxylation is 2. The molecule has 4 nitrogen and oxygen atoms in total. The van der Waals surface area contributed by atoms with E-state index in [4.69, 9.17) is 0 Å². The van der Waals surface area contributed by atoms with E-state index in [1.165, 1.54) is 0 Å². The molecule has 0 fully saturated rings. The van der Waals surface area contributed by atoms with E-state index >= 15 is 0 Å². The van der Waals surface area contributed by atoms with Gasteiger partial charge in [-0.2, -0.15) is 0 Å². The summed E-state index contributed by atoms with van der Waals surface area (Å²) in [6.07, 6.45) is 3.54. The Balaban J connectivity index is 2.04. The zero-order valence-electron chi connectivity index (χ0n) is 12.9. The summed E-state index contributed by atoms with van der Waals surface area (Å²) in [7, 11) is 0. The molecule has 3 heterocycles. The molecule has 0 saturated carbocycles. The van der Waals surface area contributed by atoms with Crippen molar-refractivity contribution in [1.29, 1.82) is 0 Å². The Bertz CT molecular complexity index is 926. The van der Waals surface area contributed by atoms with Crippen LogP contribution in [0, 0.1) is 19.7 Å². The Morgan fingerprint density at radius 2 is 2.00 bits per heavy atom. The van der Waals surface area contributed by atoms with Crippen LogP contribution in [0.2, 0.25) is 0 Å². The van der Waals surface area contributed by atoms with Crippen LogP contribution < -0.4 is 0 Å². The van der Waals surface area contributed by atoms with Gasteiger partial charge in [-0.15, -0.1) is 0 Å². The summed E-state index contributed by atoms with van der Waals surface area (Å²) in [6, 6.07) is 9.05. The number of halogens is 1. The number of aromatic nitrogens is 3. The van der Waals surface area contributed by atoms with Crippen LogP contribution in [0.15, 0.2) is 47.7 Å². The lowest BCUT2D eigenvalue weighted by Crippen LogP contribution is -2.10. The molecule has 0 N–H and O–H groups in total. The number of hydrogen-bond acceptors (Lipinski definition) is 3. The molecule has 0 radical (unpaired) electrons. The first-order valence-electron chi connectivity index (χ1n) is 7.45. The van der Waals surface area contributed by atoms with Gasteiger partial charge in [0.05, 0.1) is 23.6 Å². The van der Waals surface area contributed by atoms with Gasteiger partial charge >= 0.3 is 0 Å². The van der Waals surface area contributed by atoms with Crippen LogP contribution in [-0.2, 0) is 6.54 Å². The van der Waals surface area contributed by atoms with E-state index in [0.717, 1.165) is 28.5 Å². The monoisotopic (exact) mass is 306 g/mol. The third kappa shape index (κ3) is 2.16. The fourth-order valence-electron chi connectivity index (χ4n) is 2.93. The number of aliphatic imine (C=N–C) groups is 1.